The van der Waals surface area contributed by atoms with Crippen LogP contribution in [0.25, 0.3) is 0 Å². The fourth-order valence-corrected chi connectivity index (χ4v) is 3.94. The van der Waals surface area contributed by atoms with Gasteiger partial charge in [-0.3, -0.25) is 4.79 Å². The maximum absolute atomic E-state index is 12.4. The maximum atomic E-state index is 12.4. The van der Waals surface area contributed by atoms with Gasteiger partial charge in [0.15, 0.2) is 5.78 Å². The number of carbonyl (C=O) groups excluding carboxylic acids is 1. The van der Waals surface area contributed by atoms with E-state index in [1.54, 1.807) is 23.9 Å². The predicted octanol–water partition coefficient (Wildman–Crippen LogP) is 4.57. The minimum atomic E-state index is -0.280. The van der Waals surface area contributed by atoms with Crippen molar-refractivity contribution in [3.8, 4) is 0 Å². The van der Waals surface area contributed by atoms with Gasteiger partial charge in [0.2, 0.25) is 0 Å². The van der Waals surface area contributed by atoms with Gasteiger partial charge < -0.3 is 0 Å². The largest absolute Gasteiger partial charge is 0.293 e. The average molecular weight is 320 g/mol. The van der Waals surface area contributed by atoms with Crippen molar-refractivity contribution in [1.82, 2.24) is 0 Å². The number of hydrogen-bond donors (Lipinski definition) is 0. The molecule has 0 radical (unpaired) electrons. The average Bonchev–Trinajstić information content (AvgIpc) is 2.66. The highest BCUT2D eigenvalue weighted by molar-refractivity contribution is 9.10. The number of ketones is 1. The summed E-state index contributed by atoms with van der Waals surface area (Å²) in [7, 11) is 0. The van der Waals surface area contributed by atoms with Crippen LogP contribution in [0.2, 0.25) is 5.02 Å². The number of carbonyl (C=O) groups is 1. The highest BCUT2D eigenvalue weighted by Gasteiger charge is 2.38. The Kier molecular flexibility index (Phi) is 3.67. The second-order valence-corrected chi connectivity index (χ2v) is 7.06. The van der Waals surface area contributed by atoms with E-state index in [-0.39, 0.29) is 10.5 Å². The smallest absolute Gasteiger partial charge is 0.180 e. The SMILES string of the molecule is CC1(C(=O)c2ccc(Br)cc2Cl)CCCS1. The molecule has 1 aliphatic rings. The van der Waals surface area contributed by atoms with Gasteiger partial charge in [-0.15, -0.1) is 11.8 Å². The monoisotopic (exact) mass is 318 g/mol. The number of thioether (sulfide) groups is 1. The van der Waals surface area contributed by atoms with Crippen LogP contribution in [0.1, 0.15) is 30.1 Å². The number of hydrogen-bond acceptors (Lipinski definition) is 2. The van der Waals surface area contributed by atoms with Crippen LogP contribution < -0.4 is 0 Å². The van der Waals surface area contributed by atoms with E-state index in [2.05, 4.69) is 15.9 Å². The lowest BCUT2D eigenvalue weighted by Crippen LogP contribution is -2.28. The van der Waals surface area contributed by atoms with E-state index in [9.17, 15) is 4.79 Å². The van der Waals surface area contributed by atoms with Crippen LogP contribution >= 0.6 is 39.3 Å². The minimum absolute atomic E-state index is 0.160. The van der Waals surface area contributed by atoms with Gasteiger partial charge in [-0.2, -0.15) is 0 Å². The zero-order chi connectivity index (χ0) is 11.8. The van der Waals surface area contributed by atoms with Gasteiger partial charge in [0.05, 0.1) is 9.77 Å². The fourth-order valence-electron chi connectivity index (χ4n) is 1.92. The molecule has 0 N–H and O–H groups in total. The molecule has 0 aliphatic carbocycles. The van der Waals surface area contributed by atoms with E-state index in [1.807, 2.05) is 13.0 Å². The molecule has 4 heteroatoms. The lowest BCUT2D eigenvalue weighted by Gasteiger charge is -2.21. The van der Waals surface area contributed by atoms with E-state index in [1.165, 1.54) is 0 Å². The molecule has 0 bridgehead atoms. The van der Waals surface area contributed by atoms with Crippen LogP contribution in [0.5, 0.6) is 0 Å². The molecular weight excluding hydrogens is 308 g/mol. The molecule has 1 heterocycles. The maximum Gasteiger partial charge on any atom is 0.180 e. The summed E-state index contributed by atoms with van der Waals surface area (Å²) in [4.78, 5) is 12.4. The Hall–Kier alpha value is 0.01000. The highest BCUT2D eigenvalue weighted by Crippen LogP contribution is 2.41. The molecule has 1 aliphatic heterocycles. The Balaban J connectivity index is 2.33. The van der Waals surface area contributed by atoms with Crippen LogP contribution in [0, 0.1) is 0 Å². The predicted molar refractivity (Wildman–Crippen MR) is 73.6 cm³/mol. The van der Waals surface area contributed by atoms with Crippen molar-refractivity contribution in [3.63, 3.8) is 0 Å². The lowest BCUT2D eigenvalue weighted by atomic mass is 9.95. The molecule has 86 valence electrons. The third-order valence-corrected chi connectivity index (χ3v) is 5.20. The molecule has 1 saturated heterocycles. The Morgan fingerprint density at radius 1 is 1.56 bits per heavy atom. The molecule has 1 fully saturated rings. The third kappa shape index (κ3) is 2.31. The van der Waals surface area contributed by atoms with Crippen molar-refractivity contribution in [1.29, 1.82) is 0 Å². The van der Waals surface area contributed by atoms with E-state index in [0.29, 0.717) is 10.6 Å². The summed E-state index contributed by atoms with van der Waals surface area (Å²) in [5, 5.41) is 0.535. The topological polar surface area (TPSA) is 17.1 Å². The standard InChI is InChI=1S/C12H12BrClOS/c1-12(5-2-6-16-12)11(15)9-4-3-8(13)7-10(9)14/h3-4,7H,2,5-6H2,1H3. The van der Waals surface area contributed by atoms with Crippen molar-refractivity contribution in [2.24, 2.45) is 0 Å². The second kappa shape index (κ2) is 4.71. The van der Waals surface area contributed by atoms with Gasteiger partial charge in [0.25, 0.3) is 0 Å². The van der Waals surface area contributed by atoms with Gasteiger partial charge in [0.1, 0.15) is 0 Å². The zero-order valence-electron chi connectivity index (χ0n) is 8.93. The van der Waals surface area contributed by atoms with Crippen LogP contribution in [-0.4, -0.2) is 16.3 Å². The minimum Gasteiger partial charge on any atom is -0.293 e. The van der Waals surface area contributed by atoms with Gasteiger partial charge in [-0.05, 0) is 43.7 Å². The fraction of sp³-hybridized carbons (Fsp3) is 0.417. The van der Waals surface area contributed by atoms with Crippen LogP contribution in [0.3, 0.4) is 0 Å². The summed E-state index contributed by atoms with van der Waals surface area (Å²) in [5.74, 6) is 1.23. The van der Waals surface area contributed by atoms with Crippen LogP contribution in [0.15, 0.2) is 22.7 Å². The van der Waals surface area contributed by atoms with Gasteiger partial charge in [-0.1, -0.05) is 27.5 Å². The first-order chi connectivity index (χ1) is 7.53. The number of benzene rings is 1. The highest BCUT2D eigenvalue weighted by atomic mass is 79.9. The summed E-state index contributed by atoms with van der Waals surface area (Å²) >= 11 is 11.2. The normalized spacial score (nSPS) is 24.7. The lowest BCUT2D eigenvalue weighted by molar-refractivity contribution is 0.0949. The molecule has 1 aromatic carbocycles. The summed E-state index contributed by atoms with van der Waals surface area (Å²) in [6.45, 7) is 2.02. The van der Waals surface area contributed by atoms with Crippen molar-refractivity contribution >= 4 is 45.1 Å². The van der Waals surface area contributed by atoms with E-state index < -0.39 is 0 Å². The van der Waals surface area contributed by atoms with Crippen LogP contribution in [0.4, 0.5) is 0 Å². The van der Waals surface area contributed by atoms with E-state index >= 15 is 0 Å². The summed E-state index contributed by atoms with van der Waals surface area (Å²) in [6, 6.07) is 5.44. The molecule has 1 aromatic rings. The first-order valence-corrected chi connectivity index (χ1v) is 7.32. The second-order valence-electron chi connectivity index (χ2n) is 4.14. The first-order valence-electron chi connectivity index (χ1n) is 5.17. The molecule has 0 saturated carbocycles. The Labute approximate surface area is 113 Å². The molecule has 1 atom stereocenters. The molecular formula is C12H12BrClOS. The quantitative estimate of drug-likeness (QED) is 0.743. The molecule has 0 spiro atoms. The van der Waals surface area contributed by atoms with Gasteiger partial charge >= 0.3 is 0 Å². The third-order valence-electron chi connectivity index (χ3n) is 2.87. The van der Waals surface area contributed by atoms with Gasteiger partial charge in [-0.25, -0.2) is 0 Å². The van der Waals surface area contributed by atoms with Crippen molar-refractivity contribution < 1.29 is 4.79 Å². The zero-order valence-corrected chi connectivity index (χ0v) is 12.1. The molecule has 0 aromatic heterocycles. The molecule has 16 heavy (non-hydrogen) atoms. The van der Waals surface area contributed by atoms with Gasteiger partial charge in [0, 0.05) is 10.0 Å². The molecule has 2 rings (SSSR count). The number of rotatable bonds is 2. The number of halogens is 2. The van der Waals surface area contributed by atoms with Crippen molar-refractivity contribution in [2.75, 3.05) is 5.75 Å². The Morgan fingerprint density at radius 2 is 2.31 bits per heavy atom. The first kappa shape index (κ1) is 12.5. The van der Waals surface area contributed by atoms with E-state index in [0.717, 1.165) is 23.1 Å². The van der Waals surface area contributed by atoms with Crippen molar-refractivity contribution in [3.05, 3.63) is 33.3 Å². The molecule has 1 nitrogen and oxygen atoms in total. The Morgan fingerprint density at radius 3 is 2.88 bits per heavy atom. The number of Topliss-reactive ketones (excluding diaryl/α,β-unsaturated/α-hetero) is 1. The van der Waals surface area contributed by atoms with E-state index in [4.69, 9.17) is 11.6 Å². The summed E-state index contributed by atoms with van der Waals surface area (Å²) < 4.78 is 0.621. The summed E-state index contributed by atoms with van der Waals surface area (Å²) in [5.41, 5.74) is 0.641. The summed E-state index contributed by atoms with van der Waals surface area (Å²) in [6.07, 6.45) is 2.06. The van der Waals surface area contributed by atoms with Crippen LogP contribution in [-0.2, 0) is 0 Å². The Bertz CT molecular complexity index is 427. The molecule has 1 unspecified atom stereocenters. The molecule has 0 amide bonds. The van der Waals surface area contributed by atoms with Crippen molar-refractivity contribution in [2.45, 2.75) is 24.5 Å².